The van der Waals surface area contributed by atoms with Crippen LogP contribution in [0.4, 0.5) is 11.4 Å². The van der Waals surface area contributed by atoms with Gasteiger partial charge in [0.15, 0.2) is 0 Å². The Hall–Kier alpha value is -2.62. The lowest BCUT2D eigenvalue weighted by molar-refractivity contribution is -0.113. The summed E-state index contributed by atoms with van der Waals surface area (Å²) >= 11 is 6.12. The summed E-state index contributed by atoms with van der Waals surface area (Å²) in [5.74, 6) is -1.65. The van der Waals surface area contributed by atoms with Crippen LogP contribution in [0.2, 0.25) is 5.02 Å². The van der Waals surface area contributed by atoms with E-state index >= 15 is 0 Å². The van der Waals surface area contributed by atoms with Gasteiger partial charge in [-0.05, 0) is 42.8 Å². The number of aryl methyl sites for hydroxylation is 1. The lowest BCUT2D eigenvalue weighted by Gasteiger charge is -2.35. The Morgan fingerprint density at radius 1 is 1.06 bits per heavy atom. The van der Waals surface area contributed by atoms with Gasteiger partial charge in [-0.25, -0.2) is 8.42 Å². The van der Waals surface area contributed by atoms with Crippen LogP contribution in [0.5, 0.6) is 0 Å². The molecular weight excluding hydrogens is 452 g/mol. The van der Waals surface area contributed by atoms with Crippen LogP contribution in [-0.4, -0.2) is 75.5 Å². The van der Waals surface area contributed by atoms with Crippen LogP contribution >= 0.6 is 11.6 Å². The molecule has 2 aromatic carbocycles. The van der Waals surface area contributed by atoms with Crippen molar-refractivity contribution < 1.29 is 18.0 Å². The second-order valence-electron chi connectivity index (χ2n) is 7.92. The van der Waals surface area contributed by atoms with Crippen molar-refractivity contribution in [3.05, 3.63) is 58.6 Å². The molecule has 0 unspecified atom stereocenters. The molecule has 1 N–H and O–H groups in total. The Morgan fingerprint density at radius 2 is 1.75 bits per heavy atom. The van der Waals surface area contributed by atoms with E-state index in [0.717, 1.165) is 11.3 Å². The predicted octanol–water partition coefficient (Wildman–Crippen LogP) is 2.44. The number of benzene rings is 2. The molecule has 0 aromatic heterocycles. The van der Waals surface area contributed by atoms with E-state index in [1.165, 1.54) is 21.3 Å². The Kier molecular flexibility index (Phi) is 7.43. The van der Waals surface area contributed by atoms with Gasteiger partial charge in [-0.2, -0.15) is 4.31 Å². The molecule has 0 spiro atoms. The number of nitrogens with zero attached hydrogens (tertiary/aromatic N) is 3. The largest absolute Gasteiger partial charge is 0.369 e. The minimum atomic E-state index is -3.79. The van der Waals surface area contributed by atoms with E-state index in [1.54, 1.807) is 20.2 Å². The maximum atomic E-state index is 12.8. The number of sulfonamides is 1. The zero-order valence-electron chi connectivity index (χ0n) is 18.3. The van der Waals surface area contributed by atoms with Crippen molar-refractivity contribution in [1.29, 1.82) is 0 Å². The number of piperazine rings is 1. The topological polar surface area (TPSA) is 90.0 Å². The molecule has 0 saturated carbocycles. The number of carbonyl (C=O) groups excluding carboxylic acids is 2. The van der Waals surface area contributed by atoms with Crippen LogP contribution in [0.25, 0.3) is 0 Å². The average Bonchev–Trinajstić information content (AvgIpc) is 2.74. The van der Waals surface area contributed by atoms with Crippen LogP contribution < -0.4 is 10.2 Å². The first-order chi connectivity index (χ1) is 15.1. The Balaban J connectivity index is 1.62. The van der Waals surface area contributed by atoms with E-state index in [1.807, 2.05) is 25.1 Å². The van der Waals surface area contributed by atoms with Crippen molar-refractivity contribution in [3.8, 4) is 0 Å². The van der Waals surface area contributed by atoms with Gasteiger partial charge in [-0.3, -0.25) is 9.59 Å². The summed E-state index contributed by atoms with van der Waals surface area (Å²) in [5.41, 5.74) is 2.74. The zero-order chi connectivity index (χ0) is 23.5. The monoisotopic (exact) mass is 478 g/mol. The number of hydrogen-bond acceptors (Lipinski definition) is 5. The van der Waals surface area contributed by atoms with E-state index in [2.05, 4.69) is 16.3 Å². The lowest BCUT2D eigenvalue weighted by Crippen LogP contribution is -2.50. The van der Waals surface area contributed by atoms with Crippen molar-refractivity contribution in [2.75, 3.05) is 56.2 Å². The van der Waals surface area contributed by atoms with Crippen molar-refractivity contribution >= 4 is 44.8 Å². The molecule has 1 aliphatic heterocycles. The van der Waals surface area contributed by atoms with Crippen molar-refractivity contribution in [3.63, 3.8) is 0 Å². The van der Waals surface area contributed by atoms with Gasteiger partial charge >= 0.3 is 0 Å². The molecule has 172 valence electrons. The molecule has 1 fully saturated rings. The fraction of sp³-hybridized carbons (Fsp3) is 0.364. The molecule has 1 heterocycles. The first-order valence-corrected chi connectivity index (χ1v) is 12.2. The molecular formula is C22H27ClN4O4S. The van der Waals surface area contributed by atoms with Gasteiger partial charge in [0.2, 0.25) is 15.9 Å². The third-order valence-corrected chi connectivity index (χ3v) is 7.31. The fourth-order valence-corrected chi connectivity index (χ4v) is 4.98. The zero-order valence-corrected chi connectivity index (χ0v) is 19.9. The first-order valence-electron chi connectivity index (χ1n) is 10.2. The molecule has 8 nitrogen and oxygen atoms in total. The van der Waals surface area contributed by atoms with E-state index < -0.39 is 21.7 Å². The summed E-state index contributed by atoms with van der Waals surface area (Å²) in [7, 11) is -0.570. The van der Waals surface area contributed by atoms with E-state index in [9.17, 15) is 18.0 Å². The van der Waals surface area contributed by atoms with Gasteiger partial charge in [0, 0.05) is 51.5 Å². The molecule has 0 bridgehead atoms. The van der Waals surface area contributed by atoms with Gasteiger partial charge in [-0.1, -0.05) is 23.7 Å². The van der Waals surface area contributed by atoms with Crippen LogP contribution in [0.3, 0.4) is 0 Å². The van der Waals surface area contributed by atoms with E-state index in [0.29, 0.717) is 31.7 Å². The third-order valence-electron chi connectivity index (χ3n) is 5.21. The van der Waals surface area contributed by atoms with Crippen molar-refractivity contribution in [2.45, 2.75) is 6.92 Å². The van der Waals surface area contributed by atoms with Crippen molar-refractivity contribution in [1.82, 2.24) is 9.21 Å². The highest BCUT2D eigenvalue weighted by Gasteiger charge is 2.29. The maximum absolute atomic E-state index is 12.8. The molecule has 1 aliphatic rings. The number of nitrogens with one attached hydrogen (secondary N) is 1. The summed E-state index contributed by atoms with van der Waals surface area (Å²) in [6.45, 7) is 3.71. The lowest BCUT2D eigenvalue weighted by atomic mass is 10.2. The molecule has 2 amide bonds. The number of rotatable bonds is 6. The normalized spacial score (nSPS) is 14.8. The molecule has 0 radical (unpaired) electrons. The highest BCUT2D eigenvalue weighted by molar-refractivity contribution is 7.89. The summed E-state index contributed by atoms with van der Waals surface area (Å²) < 4.78 is 26.9. The second-order valence-corrected chi connectivity index (χ2v) is 10.3. The van der Waals surface area contributed by atoms with E-state index in [4.69, 9.17) is 11.6 Å². The molecule has 32 heavy (non-hydrogen) atoms. The molecule has 3 rings (SSSR count). The minimum absolute atomic E-state index is 0.198. The van der Waals surface area contributed by atoms with Crippen LogP contribution in [0.15, 0.2) is 42.5 Å². The minimum Gasteiger partial charge on any atom is -0.369 e. The number of anilines is 2. The number of carbonyl (C=O) groups is 2. The highest BCUT2D eigenvalue weighted by Crippen LogP contribution is 2.24. The molecule has 1 saturated heterocycles. The maximum Gasteiger partial charge on any atom is 0.253 e. The highest BCUT2D eigenvalue weighted by atomic mass is 35.5. The SMILES string of the molecule is Cc1cccc(N2CCN(S(=O)(=O)CC(=O)Nc3cc(C(=O)N(C)C)ccc3Cl)CC2)c1. The first kappa shape index (κ1) is 24.0. The Bertz CT molecular complexity index is 1110. The summed E-state index contributed by atoms with van der Waals surface area (Å²) in [4.78, 5) is 28.1. The number of amides is 2. The summed E-state index contributed by atoms with van der Waals surface area (Å²) in [5, 5.41) is 2.74. The Morgan fingerprint density at radius 3 is 2.38 bits per heavy atom. The van der Waals surface area contributed by atoms with Crippen LogP contribution in [0, 0.1) is 6.92 Å². The second kappa shape index (κ2) is 9.89. The van der Waals surface area contributed by atoms with Gasteiger partial charge in [0.25, 0.3) is 5.91 Å². The standard InChI is InChI=1S/C22H27ClN4O4S/c1-16-5-4-6-18(13-16)26-9-11-27(12-10-26)32(30,31)15-21(28)24-20-14-17(7-8-19(20)23)22(29)25(2)3/h4-8,13-14H,9-12,15H2,1-3H3,(H,24,28). The van der Waals surface area contributed by atoms with Gasteiger partial charge < -0.3 is 15.1 Å². The van der Waals surface area contributed by atoms with Crippen LogP contribution in [-0.2, 0) is 14.8 Å². The molecule has 2 aromatic rings. The average molecular weight is 479 g/mol. The number of hydrogen-bond donors (Lipinski definition) is 1. The molecule has 0 atom stereocenters. The summed E-state index contributed by atoms with van der Waals surface area (Å²) in [6, 6.07) is 12.5. The smallest absolute Gasteiger partial charge is 0.253 e. The number of halogens is 1. The van der Waals surface area contributed by atoms with E-state index in [-0.39, 0.29) is 16.6 Å². The van der Waals surface area contributed by atoms with Gasteiger partial charge in [-0.15, -0.1) is 0 Å². The third kappa shape index (κ3) is 5.79. The summed E-state index contributed by atoms with van der Waals surface area (Å²) in [6.07, 6.45) is 0. The van der Waals surface area contributed by atoms with Crippen LogP contribution in [0.1, 0.15) is 15.9 Å². The van der Waals surface area contributed by atoms with Crippen molar-refractivity contribution in [2.24, 2.45) is 0 Å². The predicted molar refractivity (Wildman–Crippen MR) is 127 cm³/mol. The quantitative estimate of drug-likeness (QED) is 0.688. The molecule has 0 aliphatic carbocycles. The fourth-order valence-electron chi connectivity index (χ4n) is 3.50. The van der Waals surface area contributed by atoms with Gasteiger partial charge in [0.05, 0.1) is 10.7 Å². The van der Waals surface area contributed by atoms with Gasteiger partial charge in [0.1, 0.15) is 5.75 Å². The molecule has 10 heteroatoms. The Labute approximate surface area is 193 Å².